The molecule has 0 spiro atoms. The van der Waals surface area contributed by atoms with Crippen LogP contribution in [0.2, 0.25) is 5.02 Å². The summed E-state index contributed by atoms with van der Waals surface area (Å²) in [6.45, 7) is 0.0203. The van der Waals surface area contributed by atoms with E-state index in [-0.39, 0.29) is 6.61 Å². The Hall–Kier alpha value is -0.990. The van der Waals surface area contributed by atoms with Crippen molar-refractivity contribution in [3.8, 4) is 0 Å². The second kappa shape index (κ2) is 4.14. The molecule has 2 nitrogen and oxygen atoms in total. The number of aliphatic hydroxyl groups is 1. The summed E-state index contributed by atoms with van der Waals surface area (Å²) in [7, 11) is 0. The third kappa shape index (κ3) is 2.57. The Bertz CT molecular complexity index is 276. The Morgan fingerprint density at radius 1 is 1.42 bits per heavy atom. The minimum atomic E-state index is 0.0203. The Morgan fingerprint density at radius 3 is 2.75 bits per heavy atom. The molecule has 0 unspecified atom stereocenters. The Labute approximate surface area is 76.3 Å². The lowest BCUT2D eigenvalue weighted by atomic mass is 10.2. The predicted octanol–water partition coefficient (Wildman–Crippen LogP) is 1.93. The molecule has 0 saturated heterocycles. The molecular weight excluding hydrogens is 174 g/mol. The van der Waals surface area contributed by atoms with Crippen molar-refractivity contribution in [1.82, 2.24) is 0 Å². The first-order chi connectivity index (χ1) is 5.72. The predicted molar refractivity (Wildman–Crippen MR) is 52.0 cm³/mol. The maximum Gasteiger partial charge on any atom is 0.0615 e. The molecule has 1 rings (SSSR count). The number of rotatable bonds is 2. The van der Waals surface area contributed by atoms with E-state index in [1.807, 2.05) is 0 Å². The van der Waals surface area contributed by atoms with E-state index in [0.717, 1.165) is 5.56 Å². The minimum Gasteiger partial charge on any atom is -0.399 e. The number of aliphatic hydroxyl groups excluding tert-OH is 1. The second-order valence-electron chi connectivity index (χ2n) is 2.40. The highest BCUT2D eigenvalue weighted by atomic mass is 35.5. The molecule has 0 atom stereocenters. The molecule has 0 aromatic heterocycles. The van der Waals surface area contributed by atoms with Gasteiger partial charge in [0.1, 0.15) is 0 Å². The largest absolute Gasteiger partial charge is 0.399 e. The van der Waals surface area contributed by atoms with Crippen LogP contribution in [0, 0.1) is 0 Å². The van der Waals surface area contributed by atoms with Gasteiger partial charge >= 0.3 is 0 Å². The van der Waals surface area contributed by atoms with Crippen molar-refractivity contribution in [2.45, 2.75) is 0 Å². The van der Waals surface area contributed by atoms with Crippen molar-refractivity contribution in [3.63, 3.8) is 0 Å². The fourth-order valence-electron chi connectivity index (χ4n) is 0.921. The number of hydrogen-bond donors (Lipinski definition) is 2. The van der Waals surface area contributed by atoms with Crippen LogP contribution < -0.4 is 5.73 Å². The van der Waals surface area contributed by atoms with Crippen molar-refractivity contribution < 1.29 is 5.11 Å². The lowest BCUT2D eigenvalue weighted by Crippen LogP contribution is -1.85. The van der Waals surface area contributed by atoms with Crippen LogP contribution in [0.4, 0.5) is 5.69 Å². The van der Waals surface area contributed by atoms with E-state index < -0.39 is 0 Å². The first kappa shape index (κ1) is 9.10. The molecule has 0 aliphatic heterocycles. The highest BCUT2D eigenvalue weighted by Crippen LogP contribution is 2.17. The summed E-state index contributed by atoms with van der Waals surface area (Å²) < 4.78 is 0. The van der Waals surface area contributed by atoms with Gasteiger partial charge in [-0.05, 0) is 23.8 Å². The van der Waals surface area contributed by atoms with Crippen LogP contribution in [0.5, 0.6) is 0 Å². The molecule has 0 amide bonds. The number of nitrogens with two attached hydrogens (primary N) is 1. The lowest BCUT2D eigenvalue weighted by molar-refractivity contribution is 0.343. The summed E-state index contributed by atoms with van der Waals surface area (Å²) in [6.07, 6.45) is 3.40. The second-order valence-corrected chi connectivity index (χ2v) is 2.84. The minimum absolute atomic E-state index is 0.0203. The molecule has 12 heavy (non-hydrogen) atoms. The van der Waals surface area contributed by atoms with Gasteiger partial charge in [0.25, 0.3) is 0 Å². The number of benzene rings is 1. The molecule has 0 aliphatic carbocycles. The standard InChI is InChI=1S/C9H10ClNO/c10-8-4-7(2-1-3-12)5-9(11)6-8/h1-2,4-6,12H,3,11H2. The molecule has 0 radical (unpaired) electrons. The molecule has 0 aliphatic rings. The molecule has 0 saturated carbocycles. The van der Waals surface area contributed by atoms with Gasteiger partial charge in [0.2, 0.25) is 0 Å². The highest BCUT2D eigenvalue weighted by Gasteiger charge is 1.92. The van der Waals surface area contributed by atoms with Crippen LogP contribution in [-0.2, 0) is 0 Å². The quantitative estimate of drug-likeness (QED) is 0.689. The highest BCUT2D eigenvalue weighted by molar-refractivity contribution is 6.31. The van der Waals surface area contributed by atoms with E-state index in [1.165, 1.54) is 0 Å². The van der Waals surface area contributed by atoms with E-state index in [9.17, 15) is 0 Å². The fourth-order valence-corrected chi connectivity index (χ4v) is 1.17. The van der Waals surface area contributed by atoms with Gasteiger partial charge in [0.15, 0.2) is 0 Å². The molecule has 64 valence electrons. The fraction of sp³-hybridized carbons (Fsp3) is 0.111. The third-order valence-corrected chi connectivity index (χ3v) is 1.58. The van der Waals surface area contributed by atoms with Gasteiger partial charge in [-0.2, -0.15) is 0 Å². The van der Waals surface area contributed by atoms with Crippen molar-refractivity contribution in [2.24, 2.45) is 0 Å². The van der Waals surface area contributed by atoms with Crippen LogP contribution in [0.25, 0.3) is 6.08 Å². The number of hydrogen-bond acceptors (Lipinski definition) is 2. The summed E-state index contributed by atoms with van der Waals surface area (Å²) in [5.74, 6) is 0. The molecule has 3 heteroatoms. The van der Waals surface area contributed by atoms with Crippen LogP contribution in [0.3, 0.4) is 0 Å². The maximum absolute atomic E-state index is 8.52. The summed E-state index contributed by atoms with van der Waals surface area (Å²) in [6, 6.07) is 5.25. The molecule has 0 heterocycles. The zero-order valence-electron chi connectivity index (χ0n) is 6.50. The van der Waals surface area contributed by atoms with E-state index in [4.69, 9.17) is 22.4 Å². The van der Waals surface area contributed by atoms with Gasteiger partial charge < -0.3 is 10.8 Å². The summed E-state index contributed by atoms with van der Waals surface area (Å²) in [5.41, 5.74) is 7.07. The van der Waals surface area contributed by atoms with Crippen molar-refractivity contribution in [2.75, 3.05) is 12.3 Å². The van der Waals surface area contributed by atoms with E-state index >= 15 is 0 Å². The van der Waals surface area contributed by atoms with Crippen LogP contribution in [0.1, 0.15) is 5.56 Å². The molecule has 0 bridgehead atoms. The summed E-state index contributed by atoms with van der Waals surface area (Å²) in [4.78, 5) is 0. The Morgan fingerprint density at radius 2 is 2.17 bits per heavy atom. The van der Waals surface area contributed by atoms with E-state index in [0.29, 0.717) is 10.7 Å². The zero-order chi connectivity index (χ0) is 8.97. The molecule has 1 aromatic carbocycles. The van der Waals surface area contributed by atoms with Crippen molar-refractivity contribution in [1.29, 1.82) is 0 Å². The first-order valence-corrected chi connectivity index (χ1v) is 3.93. The lowest BCUT2D eigenvalue weighted by Gasteiger charge is -1.97. The van der Waals surface area contributed by atoms with Crippen molar-refractivity contribution in [3.05, 3.63) is 34.9 Å². The van der Waals surface area contributed by atoms with E-state index in [2.05, 4.69) is 0 Å². The van der Waals surface area contributed by atoms with Gasteiger partial charge in [0.05, 0.1) is 6.61 Å². The monoisotopic (exact) mass is 183 g/mol. The van der Waals surface area contributed by atoms with Crippen molar-refractivity contribution >= 4 is 23.4 Å². The number of nitrogen functional groups attached to an aromatic ring is 1. The van der Waals surface area contributed by atoms with E-state index in [1.54, 1.807) is 30.4 Å². The number of anilines is 1. The smallest absolute Gasteiger partial charge is 0.0615 e. The molecule has 1 aromatic rings. The SMILES string of the molecule is Nc1cc(Cl)cc(C=CCO)c1. The topological polar surface area (TPSA) is 46.2 Å². The maximum atomic E-state index is 8.52. The Balaban J connectivity index is 2.93. The van der Waals surface area contributed by atoms with Gasteiger partial charge in [-0.1, -0.05) is 23.8 Å². The average molecular weight is 184 g/mol. The van der Waals surface area contributed by atoms with Gasteiger partial charge in [-0.25, -0.2) is 0 Å². The third-order valence-electron chi connectivity index (χ3n) is 1.36. The van der Waals surface area contributed by atoms with Gasteiger partial charge in [0, 0.05) is 10.7 Å². The van der Waals surface area contributed by atoms with Gasteiger partial charge in [-0.15, -0.1) is 0 Å². The van der Waals surface area contributed by atoms with Crippen LogP contribution in [-0.4, -0.2) is 11.7 Å². The zero-order valence-corrected chi connectivity index (χ0v) is 7.25. The first-order valence-electron chi connectivity index (χ1n) is 3.56. The molecule has 0 fully saturated rings. The normalized spacial score (nSPS) is 10.8. The molecule has 3 N–H and O–H groups in total. The van der Waals surface area contributed by atoms with Crippen LogP contribution in [0.15, 0.2) is 24.3 Å². The van der Waals surface area contributed by atoms with Crippen LogP contribution >= 0.6 is 11.6 Å². The average Bonchev–Trinajstić information content (AvgIpc) is 1.99. The number of halogens is 1. The Kier molecular flexibility index (Phi) is 3.14. The van der Waals surface area contributed by atoms with Gasteiger partial charge in [-0.3, -0.25) is 0 Å². The summed E-state index contributed by atoms with van der Waals surface area (Å²) in [5, 5.41) is 9.12. The summed E-state index contributed by atoms with van der Waals surface area (Å²) >= 11 is 5.75. The molecular formula is C9H10ClNO.